The van der Waals surface area contributed by atoms with Crippen molar-refractivity contribution < 1.29 is 14.3 Å². The summed E-state index contributed by atoms with van der Waals surface area (Å²) in [6.07, 6.45) is 1.44. The van der Waals surface area contributed by atoms with Crippen molar-refractivity contribution in [3.8, 4) is 11.5 Å². The van der Waals surface area contributed by atoms with Crippen LogP contribution in [0.4, 0.5) is 0 Å². The summed E-state index contributed by atoms with van der Waals surface area (Å²) in [5.41, 5.74) is 2.71. The number of esters is 1. The minimum Gasteiger partial charge on any atom is -0.456 e. The molecular formula is C13H22O3Si. The van der Waals surface area contributed by atoms with Gasteiger partial charge in [0.25, 0.3) is 0 Å². The highest BCUT2D eigenvalue weighted by molar-refractivity contribution is 6.83. The summed E-state index contributed by atoms with van der Waals surface area (Å²) < 4.78 is 11.1. The zero-order chi connectivity index (χ0) is 13.1. The van der Waals surface area contributed by atoms with Gasteiger partial charge in [-0.05, 0) is 19.8 Å². The third-order valence-electron chi connectivity index (χ3n) is 2.61. The molecule has 1 fully saturated rings. The fourth-order valence-corrected chi connectivity index (χ4v) is 2.41. The van der Waals surface area contributed by atoms with E-state index in [0.717, 1.165) is 12.8 Å². The molecule has 0 amide bonds. The monoisotopic (exact) mass is 254 g/mol. The van der Waals surface area contributed by atoms with Crippen LogP contribution in [0, 0.1) is 11.5 Å². The molecule has 96 valence electrons. The van der Waals surface area contributed by atoms with Crippen LogP contribution in [-0.4, -0.2) is 32.4 Å². The second-order valence-corrected chi connectivity index (χ2v) is 10.5. The molecule has 1 aliphatic rings. The Hall–Kier alpha value is -0.793. The van der Waals surface area contributed by atoms with Crippen LogP contribution in [0.5, 0.6) is 0 Å². The first-order chi connectivity index (χ1) is 7.73. The third-order valence-corrected chi connectivity index (χ3v) is 3.51. The lowest BCUT2D eigenvalue weighted by molar-refractivity contribution is -0.176. The third kappa shape index (κ3) is 4.53. The van der Waals surface area contributed by atoms with E-state index >= 15 is 0 Å². The molecule has 0 aromatic heterocycles. The molecule has 1 aliphatic heterocycles. The van der Waals surface area contributed by atoms with E-state index in [4.69, 9.17) is 9.47 Å². The molecular weight excluding hydrogens is 232 g/mol. The zero-order valence-electron chi connectivity index (χ0n) is 11.4. The smallest absolute Gasteiger partial charge is 0.303 e. The lowest BCUT2D eigenvalue weighted by Crippen LogP contribution is -2.47. The van der Waals surface area contributed by atoms with Crippen LogP contribution >= 0.6 is 0 Å². The van der Waals surface area contributed by atoms with E-state index in [9.17, 15) is 4.79 Å². The topological polar surface area (TPSA) is 35.5 Å². The van der Waals surface area contributed by atoms with Crippen LogP contribution in [0.1, 0.15) is 26.7 Å². The molecule has 1 heterocycles. The van der Waals surface area contributed by atoms with Gasteiger partial charge in [0.05, 0.1) is 0 Å². The van der Waals surface area contributed by atoms with Gasteiger partial charge in [-0.25, -0.2) is 0 Å². The van der Waals surface area contributed by atoms with Gasteiger partial charge in [0.15, 0.2) is 6.10 Å². The van der Waals surface area contributed by atoms with Gasteiger partial charge in [0.1, 0.15) is 13.7 Å². The number of ether oxygens (including phenoxy) is 2. The summed E-state index contributed by atoms with van der Waals surface area (Å²) in [7, 11) is -1.43. The predicted octanol–water partition coefficient (Wildman–Crippen LogP) is 2.37. The Balaban J connectivity index is 2.85. The Kier molecular flexibility index (Phi) is 4.40. The first-order valence-electron chi connectivity index (χ1n) is 6.07. The Labute approximate surface area is 105 Å². The van der Waals surface area contributed by atoms with Gasteiger partial charge in [0.2, 0.25) is 0 Å². The van der Waals surface area contributed by atoms with Gasteiger partial charge in [0, 0.05) is 13.5 Å². The van der Waals surface area contributed by atoms with Crippen LogP contribution in [0.3, 0.4) is 0 Å². The molecule has 3 nitrogen and oxygen atoms in total. The minimum absolute atomic E-state index is 0.266. The van der Waals surface area contributed by atoms with Crippen molar-refractivity contribution in [1.82, 2.24) is 0 Å². The van der Waals surface area contributed by atoms with Gasteiger partial charge >= 0.3 is 5.97 Å². The van der Waals surface area contributed by atoms with Crippen molar-refractivity contribution in [2.75, 3.05) is 6.61 Å². The SMILES string of the molecule is CC(=O)O[C@@]1(C)CCCO[C@@H]1C#C[Si](C)(C)C. The second-order valence-electron chi connectivity index (χ2n) is 5.78. The molecule has 0 unspecified atom stereocenters. The summed E-state index contributed by atoms with van der Waals surface area (Å²) in [4.78, 5) is 11.1. The van der Waals surface area contributed by atoms with E-state index in [-0.39, 0.29) is 12.1 Å². The number of hydrogen-bond donors (Lipinski definition) is 0. The number of carbonyl (C=O) groups is 1. The summed E-state index contributed by atoms with van der Waals surface area (Å²) in [5, 5.41) is 0. The standard InChI is InChI=1S/C13H22O3Si/c1-11(14)16-13(2)8-6-9-15-12(13)7-10-17(3,4)5/h12H,6,8-9H2,1-5H3/t12-,13+/m1/s1. The lowest BCUT2D eigenvalue weighted by atomic mass is 9.91. The van der Waals surface area contributed by atoms with Gasteiger partial charge in [-0.15, -0.1) is 5.54 Å². The highest BCUT2D eigenvalue weighted by atomic mass is 28.3. The zero-order valence-corrected chi connectivity index (χ0v) is 12.4. The van der Waals surface area contributed by atoms with Crippen LogP contribution in [-0.2, 0) is 14.3 Å². The summed E-state index contributed by atoms with van der Waals surface area (Å²) >= 11 is 0. The maximum Gasteiger partial charge on any atom is 0.303 e. The molecule has 17 heavy (non-hydrogen) atoms. The number of rotatable bonds is 1. The van der Waals surface area contributed by atoms with Crippen LogP contribution in [0.15, 0.2) is 0 Å². The average molecular weight is 254 g/mol. The Morgan fingerprint density at radius 1 is 1.47 bits per heavy atom. The normalized spacial score (nSPS) is 29.1. The molecule has 0 aromatic rings. The molecule has 1 rings (SSSR count). The molecule has 0 spiro atoms. The summed E-state index contributed by atoms with van der Waals surface area (Å²) in [6, 6.07) is 0. The van der Waals surface area contributed by atoms with Crippen LogP contribution < -0.4 is 0 Å². The van der Waals surface area contributed by atoms with Crippen molar-refractivity contribution in [1.29, 1.82) is 0 Å². The van der Waals surface area contributed by atoms with Crippen molar-refractivity contribution in [2.24, 2.45) is 0 Å². The van der Waals surface area contributed by atoms with E-state index in [1.807, 2.05) is 6.92 Å². The minimum atomic E-state index is -1.43. The first kappa shape index (κ1) is 14.3. The molecule has 0 bridgehead atoms. The van der Waals surface area contributed by atoms with Gasteiger partial charge in [-0.1, -0.05) is 25.6 Å². The maximum atomic E-state index is 11.1. The second kappa shape index (κ2) is 5.24. The van der Waals surface area contributed by atoms with Crippen molar-refractivity contribution in [3.05, 3.63) is 0 Å². The van der Waals surface area contributed by atoms with Crippen molar-refractivity contribution in [3.63, 3.8) is 0 Å². The largest absolute Gasteiger partial charge is 0.456 e. The predicted molar refractivity (Wildman–Crippen MR) is 70.3 cm³/mol. The Morgan fingerprint density at radius 3 is 2.65 bits per heavy atom. The molecule has 0 saturated carbocycles. The lowest BCUT2D eigenvalue weighted by Gasteiger charge is -2.37. The summed E-state index contributed by atoms with van der Waals surface area (Å²) in [5.74, 6) is 2.90. The van der Waals surface area contributed by atoms with E-state index < -0.39 is 13.7 Å². The highest BCUT2D eigenvalue weighted by Gasteiger charge is 2.40. The van der Waals surface area contributed by atoms with Crippen LogP contribution in [0.25, 0.3) is 0 Å². The van der Waals surface area contributed by atoms with E-state index in [0.29, 0.717) is 6.61 Å². The van der Waals surface area contributed by atoms with E-state index in [1.165, 1.54) is 6.92 Å². The van der Waals surface area contributed by atoms with Crippen molar-refractivity contribution >= 4 is 14.0 Å². The van der Waals surface area contributed by atoms with Gasteiger partial charge < -0.3 is 9.47 Å². The average Bonchev–Trinajstić information content (AvgIpc) is 2.13. The fourth-order valence-electron chi connectivity index (χ4n) is 1.84. The Bertz CT molecular complexity index is 348. The van der Waals surface area contributed by atoms with Crippen molar-refractivity contribution in [2.45, 2.75) is 58.0 Å². The number of hydrogen-bond acceptors (Lipinski definition) is 3. The quantitative estimate of drug-likeness (QED) is 0.409. The van der Waals surface area contributed by atoms with Gasteiger partial charge in [-0.3, -0.25) is 4.79 Å². The van der Waals surface area contributed by atoms with Crippen LogP contribution in [0.2, 0.25) is 19.6 Å². The number of carbonyl (C=O) groups excluding carboxylic acids is 1. The molecule has 4 heteroatoms. The molecule has 0 N–H and O–H groups in total. The molecule has 0 aromatic carbocycles. The fraction of sp³-hybridized carbons (Fsp3) is 0.769. The van der Waals surface area contributed by atoms with E-state index in [1.54, 1.807) is 0 Å². The molecule has 2 atom stereocenters. The molecule has 1 saturated heterocycles. The Morgan fingerprint density at radius 2 is 2.12 bits per heavy atom. The van der Waals surface area contributed by atoms with Gasteiger partial charge in [-0.2, -0.15) is 0 Å². The van der Waals surface area contributed by atoms with E-state index in [2.05, 4.69) is 31.1 Å². The highest BCUT2D eigenvalue weighted by Crippen LogP contribution is 2.29. The first-order valence-corrected chi connectivity index (χ1v) is 9.57. The maximum absolute atomic E-state index is 11.1. The molecule has 0 radical (unpaired) electrons. The molecule has 0 aliphatic carbocycles. The summed E-state index contributed by atoms with van der Waals surface area (Å²) in [6.45, 7) is 10.6.